The molecule has 2 rings (SSSR count). The van der Waals surface area contributed by atoms with Crippen molar-refractivity contribution < 1.29 is 22.8 Å². The number of hydrogen-bond donors (Lipinski definition) is 1. The monoisotopic (exact) mass is 565 g/mol. The average Bonchev–Trinajstić information content (AvgIpc) is 2.78. The molecule has 0 fully saturated rings. The van der Waals surface area contributed by atoms with Crippen LogP contribution in [0, 0.1) is 5.92 Å². The fourth-order valence-electron chi connectivity index (χ4n) is 3.36. The van der Waals surface area contributed by atoms with Crippen molar-refractivity contribution in [1.29, 1.82) is 0 Å². The Labute approximate surface area is 215 Å². The van der Waals surface area contributed by atoms with Gasteiger partial charge in [0.25, 0.3) is 0 Å². The van der Waals surface area contributed by atoms with Gasteiger partial charge in [0.2, 0.25) is 21.8 Å². The van der Waals surface area contributed by atoms with Crippen molar-refractivity contribution in [3.05, 3.63) is 64.1 Å². The largest absolute Gasteiger partial charge is 0.354 e. The second-order valence-corrected chi connectivity index (χ2v) is 11.7. The second kappa shape index (κ2) is 12.3. The number of Topliss-reactive ketones (excluding diaryl/α,β-unsaturated/α-hetero) is 1. The van der Waals surface area contributed by atoms with Crippen LogP contribution in [0.3, 0.4) is 0 Å². The van der Waals surface area contributed by atoms with E-state index >= 15 is 0 Å². The third-order valence-electron chi connectivity index (χ3n) is 5.31. The summed E-state index contributed by atoms with van der Waals surface area (Å²) in [5.74, 6) is -0.865. The highest BCUT2D eigenvalue weighted by Crippen LogP contribution is 2.21. The molecule has 0 aromatic heterocycles. The maximum atomic E-state index is 13.5. The summed E-state index contributed by atoms with van der Waals surface area (Å²) in [5, 5.41) is 2.84. The van der Waals surface area contributed by atoms with Gasteiger partial charge in [-0.25, -0.2) is 8.42 Å². The molecule has 2 aromatic rings. The van der Waals surface area contributed by atoms with Crippen LogP contribution in [0.5, 0.6) is 0 Å². The zero-order chi connectivity index (χ0) is 26.3. The Balaban J connectivity index is 2.41. The Morgan fingerprint density at radius 1 is 1.03 bits per heavy atom. The molecule has 2 amide bonds. The van der Waals surface area contributed by atoms with E-state index in [0.29, 0.717) is 12.1 Å². The lowest BCUT2D eigenvalue weighted by Gasteiger charge is -2.31. The molecular weight excluding hydrogens is 534 g/mol. The first kappa shape index (κ1) is 28.5. The first-order valence-corrected chi connectivity index (χ1v) is 13.8. The summed E-state index contributed by atoms with van der Waals surface area (Å²) in [6.07, 6.45) is 0.998. The normalized spacial score (nSPS) is 12.2. The average molecular weight is 567 g/mol. The molecule has 10 heteroatoms. The van der Waals surface area contributed by atoms with Crippen molar-refractivity contribution >= 4 is 49.2 Å². The molecule has 8 nitrogen and oxygen atoms in total. The van der Waals surface area contributed by atoms with Crippen molar-refractivity contribution in [3.8, 4) is 0 Å². The molecule has 0 aliphatic heterocycles. The number of amides is 2. The third kappa shape index (κ3) is 8.47. The van der Waals surface area contributed by atoms with Crippen LogP contribution in [-0.2, 0) is 26.2 Å². The molecular formula is C25H32BrN3O5S. The Kier molecular flexibility index (Phi) is 10.0. The van der Waals surface area contributed by atoms with Gasteiger partial charge >= 0.3 is 0 Å². The van der Waals surface area contributed by atoms with Gasteiger partial charge in [0.15, 0.2) is 5.78 Å². The molecule has 0 unspecified atom stereocenters. The first-order chi connectivity index (χ1) is 16.3. The number of hydrogen-bond acceptors (Lipinski definition) is 5. The number of sulfonamides is 1. The van der Waals surface area contributed by atoms with E-state index in [2.05, 4.69) is 21.2 Å². The fraction of sp³-hybridized carbons (Fsp3) is 0.400. The molecule has 0 aliphatic rings. The molecule has 190 valence electrons. The minimum Gasteiger partial charge on any atom is -0.354 e. The van der Waals surface area contributed by atoms with Gasteiger partial charge in [0.1, 0.15) is 12.6 Å². The van der Waals surface area contributed by atoms with Crippen LogP contribution in [0.4, 0.5) is 5.69 Å². The maximum Gasteiger partial charge on any atom is 0.244 e. The Morgan fingerprint density at radius 2 is 1.69 bits per heavy atom. The number of nitrogens with one attached hydrogen (secondary N) is 1. The van der Waals surface area contributed by atoms with E-state index in [0.717, 1.165) is 20.6 Å². The minimum absolute atomic E-state index is 0.111. The molecule has 0 saturated heterocycles. The highest BCUT2D eigenvalue weighted by Gasteiger charge is 2.30. The van der Waals surface area contributed by atoms with Gasteiger partial charge in [0, 0.05) is 23.1 Å². The second-order valence-electron chi connectivity index (χ2n) is 8.84. The van der Waals surface area contributed by atoms with Crippen molar-refractivity contribution in [2.24, 2.45) is 5.92 Å². The molecule has 0 bridgehead atoms. The molecule has 2 aromatic carbocycles. The summed E-state index contributed by atoms with van der Waals surface area (Å²) in [6.45, 7) is 6.98. The zero-order valence-electron chi connectivity index (χ0n) is 20.6. The van der Waals surface area contributed by atoms with Crippen LogP contribution >= 0.6 is 15.9 Å². The molecule has 0 aliphatic carbocycles. The number of anilines is 1. The van der Waals surface area contributed by atoms with Gasteiger partial charge in [-0.15, -0.1) is 0 Å². The number of ketones is 1. The summed E-state index contributed by atoms with van der Waals surface area (Å²) in [5.41, 5.74) is 1.31. The molecule has 0 spiro atoms. The third-order valence-corrected chi connectivity index (χ3v) is 6.95. The van der Waals surface area contributed by atoms with Crippen molar-refractivity contribution in [3.63, 3.8) is 0 Å². The maximum absolute atomic E-state index is 13.5. The Bertz CT molecular complexity index is 1180. The lowest BCUT2D eigenvalue weighted by Crippen LogP contribution is -2.51. The first-order valence-electron chi connectivity index (χ1n) is 11.2. The van der Waals surface area contributed by atoms with Crippen molar-refractivity contribution in [1.82, 2.24) is 10.2 Å². The molecule has 0 heterocycles. The predicted octanol–water partition coefficient (Wildman–Crippen LogP) is 3.61. The molecule has 1 N–H and O–H groups in total. The van der Waals surface area contributed by atoms with Crippen LogP contribution in [0.15, 0.2) is 53.0 Å². The van der Waals surface area contributed by atoms with Crippen LogP contribution in [0.2, 0.25) is 0 Å². The van der Waals surface area contributed by atoms with Crippen LogP contribution in [0.25, 0.3) is 0 Å². The predicted molar refractivity (Wildman–Crippen MR) is 141 cm³/mol. The van der Waals surface area contributed by atoms with E-state index in [-0.39, 0.29) is 29.8 Å². The molecule has 0 radical (unpaired) electrons. The van der Waals surface area contributed by atoms with E-state index in [9.17, 15) is 22.8 Å². The lowest BCUT2D eigenvalue weighted by molar-refractivity contribution is -0.139. The van der Waals surface area contributed by atoms with Gasteiger partial charge in [-0.05, 0) is 49.6 Å². The van der Waals surface area contributed by atoms with Gasteiger partial charge in [-0.2, -0.15) is 0 Å². The quantitative estimate of drug-likeness (QED) is 0.419. The smallest absolute Gasteiger partial charge is 0.244 e. The van der Waals surface area contributed by atoms with E-state index < -0.39 is 28.5 Å². The molecule has 35 heavy (non-hydrogen) atoms. The number of halogens is 1. The SMILES string of the molecule is CC(=O)c1cccc(N(CC(=O)N(Cc2cccc(Br)c2)[C@@H](C)C(=O)NCC(C)C)S(C)(=O)=O)c1. The number of nitrogens with zero attached hydrogens (tertiary/aromatic N) is 2. The standard InChI is InChI=1S/C25H32BrN3O5S/c1-17(2)14-27-25(32)18(3)28(15-20-8-6-10-22(26)12-20)24(31)16-29(35(5,33)34)23-11-7-9-21(13-23)19(4)30/h6-13,17-18H,14-16H2,1-5H3,(H,27,32)/t18-/m0/s1. The Hall–Kier alpha value is -2.72. The topological polar surface area (TPSA) is 104 Å². The summed E-state index contributed by atoms with van der Waals surface area (Å²) < 4.78 is 27.1. The molecule has 0 saturated carbocycles. The number of carbonyl (C=O) groups excluding carboxylic acids is 3. The zero-order valence-corrected chi connectivity index (χ0v) is 23.0. The highest BCUT2D eigenvalue weighted by molar-refractivity contribution is 9.10. The minimum atomic E-state index is -3.87. The summed E-state index contributed by atoms with van der Waals surface area (Å²) in [6, 6.07) is 12.6. The van der Waals surface area contributed by atoms with Crippen molar-refractivity contribution in [2.75, 3.05) is 23.7 Å². The van der Waals surface area contributed by atoms with Crippen LogP contribution in [-0.4, -0.2) is 56.3 Å². The van der Waals surface area contributed by atoms with Gasteiger partial charge in [-0.3, -0.25) is 18.7 Å². The van der Waals surface area contributed by atoms with E-state index in [1.54, 1.807) is 19.1 Å². The van der Waals surface area contributed by atoms with Gasteiger partial charge < -0.3 is 10.2 Å². The summed E-state index contributed by atoms with van der Waals surface area (Å²) in [4.78, 5) is 39.5. The van der Waals surface area contributed by atoms with Crippen LogP contribution < -0.4 is 9.62 Å². The highest BCUT2D eigenvalue weighted by atomic mass is 79.9. The van der Waals surface area contributed by atoms with Crippen LogP contribution in [0.1, 0.15) is 43.6 Å². The summed E-state index contributed by atoms with van der Waals surface area (Å²) >= 11 is 3.41. The van der Waals surface area contributed by atoms with E-state index in [4.69, 9.17) is 0 Å². The van der Waals surface area contributed by atoms with Gasteiger partial charge in [-0.1, -0.05) is 54.0 Å². The number of carbonyl (C=O) groups is 3. The lowest BCUT2D eigenvalue weighted by atomic mass is 10.1. The summed E-state index contributed by atoms with van der Waals surface area (Å²) in [7, 11) is -3.87. The Morgan fingerprint density at radius 3 is 2.26 bits per heavy atom. The number of rotatable bonds is 11. The van der Waals surface area contributed by atoms with Gasteiger partial charge in [0.05, 0.1) is 11.9 Å². The fourth-order valence-corrected chi connectivity index (χ4v) is 4.65. The van der Waals surface area contributed by atoms with E-state index in [1.807, 2.05) is 38.1 Å². The van der Waals surface area contributed by atoms with Crippen molar-refractivity contribution in [2.45, 2.75) is 40.3 Å². The number of benzene rings is 2. The molecule has 1 atom stereocenters. The van der Waals surface area contributed by atoms with E-state index in [1.165, 1.54) is 24.0 Å².